The van der Waals surface area contributed by atoms with Crippen LogP contribution in [0.25, 0.3) is 0 Å². The zero-order valence-electron chi connectivity index (χ0n) is 8.05. The van der Waals surface area contributed by atoms with Crippen LogP contribution in [-0.4, -0.2) is 17.2 Å². The van der Waals surface area contributed by atoms with Crippen molar-refractivity contribution in [3.05, 3.63) is 0 Å². The Balaban J connectivity index is 2.61. The van der Waals surface area contributed by atoms with Gasteiger partial charge in [-0.1, -0.05) is 6.92 Å². The average Bonchev–Trinajstić information content (AvgIpc) is 2.03. The Kier molecular flexibility index (Phi) is 3.28. The Bertz CT molecular complexity index is 193. The molecule has 13 heavy (non-hydrogen) atoms. The van der Waals surface area contributed by atoms with E-state index in [9.17, 15) is 9.18 Å². The molecule has 1 saturated carbocycles. The third-order valence-corrected chi connectivity index (χ3v) is 3.16. The van der Waals surface area contributed by atoms with Gasteiger partial charge in [-0.3, -0.25) is 4.79 Å². The van der Waals surface area contributed by atoms with Crippen LogP contribution in [0.1, 0.15) is 45.4 Å². The minimum atomic E-state index is -0.795. The van der Waals surface area contributed by atoms with Crippen LogP contribution in [0.5, 0.6) is 0 Å². The number of carbonyl (C=O) groups is 1. The molecule has 0 radical (unpaired) electrons. The zero-order chi connectivity index (χ0) is 9.90. The summed E-state index contributed by atoms with van der Waals surface area (Å²) in [6, 6.07) is 0. The van der Waals surface area contributed by atoms with E-state index < -0.39 is 12.1 Å². The predicted molar refractivity (Wildman–Crippen MR) is 48.3 cm³/mol. The van der Waals surface area contributed by atoms with E-state index in [0.29, 0.717) is 12.8 Å². The average molecular weight is 188 g/mol. The summed E-state index contributed by atoms with van der Waals surface area (Å²) in [6.45, 7) is 1.96. The lowest BCUT2D eigenvalue weighted by Crippen LogP contribution is -2.31. The molecule has 1 fully saturated rings. The number of carboxylic acids is 1. The van der Waals surface area contributed by atoms with Gasteiger partial charge in [-0.25, -0.2) is 4.39 Å². The number of rotatable bonds is 3. The van der Waals surface area contributed by atoms with Crippen molar-refractivity contribution in [3.63, 3.8) is 0 Å². The van der Waals surface area contributed by atoms with E-state index in [0.717, 1.165) is 19.3 Å². The lowest BCUT2D eigenvalue weighted by molar-refractivity contribution is -0.140. The van der Waals surface area contributed by atoms with Crippen LogP contribution in [0.15, 0.2) is 0 Å². The maximum absolute atomic E-state index is 13.1. The zero-order valence-corrected chi connectivity index (χ0v) is 8.05. The normalized spacial score (nSPS) is 34.5. The standard InChI is InChI=1S/C10H17FO2/c1-2-10(7-9(12)13)5-3-4-8(11)6-10/h8H,2-7H2,1H3,(H,12,13). The van der Waals surface area contributed by atoms with Crippen LogP contribution < -0.4 is 0 Å². The third-order valence-electron chi connectivity index (χ3n) is 3.16. The first kappa shape index (κ1) is 10.5. The van der Waals surface area contributed by atoms with Crippen LogP contribution in [0.4, 0.5) is 4.39 Å². The highest BCUT2D eigenvalue weighted by Gasteiger charge is 2.36. The fourth-order valence-corrected chi connectivity index (χ4v) is 2.30. The fraction of sp³-hybridized carbons (Fsp3) is 0.900. The number of aliphatic carboxylic acids is 1. The van der Waals surface area contributed by atoms with Crippen molar-refractivity contribution in [2.45, 2.75) is 51.6 Å². The SMILES string of the molecule is CCC1(CC(=O)O)CCCC(F)C1. The second kappa shape index (κ2) is 4.07. The van der Waals surface area contributed by atoms with Crippen LogP contribution in [-0.2, 0) is 4.79 Å². The van der Waals surface area contributed by atoms with Crippen molar-refractivity contribution >= 4 is 5.97 Å². The van der Waals surface area contributed by atoms with Crippen LogP contribution in [0.2, 0.25) is 0 Å². The van der Waals surface area contributed by atoms with Gasteiger partial charge in [0.25, 0.3) is 0 Å². The highest BCUT2D eigenvalue weighted by molar-refractivity contribution is 5.67. The second-order valence-electron chi connectivity index (χ2n) is 4.12. The molecule has 0 aromatic heterocycles. The second-order valence-corrected chi connectivity index (χ2v) is 4.12. The Labute approximate surface area is 78.1 Å². The fourth-order valence-electron chi connectivity index (χ4n) is 2.30. The number of carboxylic acid groups (broad SMARTS) is 1. The summed E-state index contributed by atoms with van der Waals surface area (Å²) in [5.74, 6) is -0.795. The molecular weight excluding hydrogens is 171 g/mol. The van der Waals surface area contributed by atoms with Crippen molar-refractivity contribution in [2.24, 2.45) is 5.41 Å². The van der Waals surface area contributed by atoms with Gasteiger partial charge in [-0.2, -0.15) is 0 Å². The van der Waals surface area contributed by atoms with Crippen LogP contribution in [0, 0.1) is 5.41 Å². The first-order chi connectivity index (χ1) is 6.08. The minimum absolute atomic E-state index is 0.129. The summed E-state index contributed by atoms with van der Waals surface area (Å²) < 4.78 is 13.1. The van der Waals surface area contributed by atoms with Crippen molar-refractivity contribution in [1.29, 1.82) is 0 Å². The molecule has 76 valence electrons. The monoisotopic (exact) mass is 188 g/mol. The van der Waals surface area contributed by atoms with E-state index in [1.807, 2.05) is 6.92 Å². The van der Waals surface area contributed by atoms with E-state index in [4.69, 9.17) is 5.11 Å². The summed E-state index contributed by atoms with van der Waals surface area (Å²) in [7, 11) is 0. The Morgan fingerprint density at radius 1 is 1.69 bits per heavy atom. The predicted octanol–water partition coefficient (Wildman–Crippen LogP) is 2.77. The maximum Gasteiger partial charge on any atom is 0.303 e. The molecule has 0 amide bonds. The largest absolute Gasteiger partial charge is 0.481 e. The van der Waals surface area contributed by atoms with Crippen molar-refractivity contribution < 1.29 is 14.3 Å². The van der Waals surface area contributed by atoms with E-state index in [-0.39, 0.29) is 11.8 Å². The van der Waals surface area contributed by atoms with E-state index >= 15 is 0 Å². The molecule has 0 aromatic rings. The number of hydrogen-bond donors (Lipinski definition) is 1. The van der Waals surface area contributed by atoms with Crippen molar-refractivity contribution in [3.8, 4) is 0 Å². The van der Waals surface area contributed by atoms with Gasteiger partial charge in [-0.15, -0.1) is 0 Å². The topological polar surface area (TPSA) is 37.3 Å². The third kappa shape index (κ3) is 2.68. The summed E-state index contributed by atoms with van der Waals surface area (Å²) in [4.78, 5) is 10.6. The summed E-state index contributed by atoms with van der Waals surface area (Å²) in [5, 5.41) is 8.73. The molecule has 2 nitrogen and oxygen atoms in total. The highest BCUT2D eigenvalue weighted by atomic mass is 19.1. The molecule has 1 aliphatic carbocycles. The van der Waals surface area contributed by atoms with E-state index in [2.05, 4.69) is 0 Å². The number of alkyl halides is 1. The lowest BCUT2D eigenvalue weighted by atomic mass is 9.69. The number of halogens is 1. The molecule has 2 unspecified atom stereocenters. The van der Waals surface area contributed by atoms with Crippen molar-refractivity contribution in [2.75, 3.05) is 0 Å². The molecule has 1 aliphatic rings. The number of hydrogen-bond acceptors (Lipinski definition) is 1. The van der Waals surface area contributed by atoms with Gasteiger partial charge < -0.3 is 5.11 Å². The summed E-state index contributed by atoms with van der Waals surface area (Å²) in [6.07, 6.45) is 2.88. The summed E-state index contributed by atoms with van der Waals surface area (Å²) >= 11 is 0. The molecule has 0 heterocycles. The quantitative estimate of drug-likeness (QED) is 0.739. The van der Waals surface area contributed by atoms with Gasteiger partial charge in [-0.05, 0) is 37.5 Å². The van der Waals surface area contributed by atoms with Gasteiger partial charge >= 0.3 is 5.97 Å². The minimum Gasteiger partial charge on any atom is -0.481 e. The van der Waals surface area contributed by atoms with Gasteiger partial charge in [0.1, 0.15) is 6.17 Å². The Hall–Kier alpha value is -0.600. The van der Waals surface area contributed by atoms with Crippen LogP contribution >= 0.6 is 0 Å². The summed E-state index contributed by atoms with van der Waals surface area (Å²) in [5.41, 5.74) is -0.260. The molecule has 0 saturated heterocycles. The van der Waals surface area contributed by atoms with Gasteiger partial charge in [0, 0.05) is 0 Å². The molecule has 0 aliphatic heterocycles. The lowest BCUT2D eigenvalue weighted by Gasteiger charge is -2.36. The van der Waals surface area contributed by atoms with Crippen LogP contribution in [0.3, 0.4) is 0 Å². The molecule has 1 rings (SSSR count). The Morgan fingerprint density at radius 2 is 2.38 bits per heavy atom. The van der Waals surface area contributed by atoms with Gasteiger partial charge in [0.15, 0.2) is 0 Å². The van der Waals surface area contributed by atoms with E-state index in [1.165, 1.54) is 0 Å². The first-order valence-electron chi connectivity index (χ1n) is 4.94. The van der Waals surface area contributed by atoms with Gasteiger partial charge in [0.05, 0.1) is 6.42 Å². The highest BCUT2D eigenvalue weighted by Crippen LogP contribution is 2.43. The molecule has 3 heteroatoms. The maximum atomic E-state index is 13.1. The molecule has 0 aromatic carbocycles. The molecule has 0 spiro atoms. The molecular formula is C10H17FO2. The van der Waals surface area contributed by atoms with Gasteiger partial charge in [0.2, 0.25) is 0 Å². The van der Waals surface area contributed by atoms with Crippen molar-refractivity contribution in [1.82, 2.24) is 0 Å². The Morgan fingerprint density at radius 3 is 2.85 bits per heavy atom. The molecule has 0 bridgehead atoms. The molecule has 1 N–H and O–H groups in total. The molecule has 2 atom stereocenters. The smallest absolute Gasteiger partial charge is 0.303 e. The van der Waals surface area contributed by atoms with E-state index in [1.54, 1.807) is 0 Å². The first-order valence-corrected chi connectivity index (χ1v) is 4.94.